The highest BCUT2D eigenvalue weighted by Gasteiger charge is 2.52. The van der Waals surface area contributed by atoms with Crippen molar-refractivity contribution >= 4 is 21.6 Å². The van der Waals surface area contributed by atoms with Gasteiger partial charge in [0.25, 0.3) is 0 Å². The molecule has 1 saturated carbocycles. The topological polar surface area (TPSA) is 77.8 Å². The number of phenolic OH excluding ortho intramolecular Hbond substituents is 1. The van der Waals surface area contributed by atoms with Gasteiger partial charge in [0.1, 0.15) is 11.4 Å². The lowest BCUT2D eigenvalue weighted by molar-refractivity contribution is -0.0178. The van der Waals surface area contributed by atoms with E-state index >= 15 is 0 Å². The summed E-state index contributed by atoms with van der Waals surface area (Å²) >= 11 is 5.64. The second kappa shape index (κ2) is 8.02. The molecule has 1 aliphatic heterocycles. The second-order valence-electron chi connectivity index (χ2n) is 9.50. The molecule has 0 aromatic heterocycles. The lowest BCUT2D eigenvalue weighted by Gasteiger charge is -2.53. The molecule has 0 radical (unpaired) electrons. The number of aliphatic hydroxyl groups is 1. The zero-order chi connectivity index (χ0) is 21.6. The van der Waals surface area contributed by atoms with Gasteiger partial charge in [0.05, 0.1) is 6.26 Å². The average molecular weight is 452 g/mol. The minimum atomic E-state index is -3.14. The van der Waals surface area contributed by atoms with Crippen molar-refractivity contribution in [3.8, 4) is 17.0 Å². The molecule has 1 heterocycles. The fraction of sp³-hybridized carbons (Fsp3) is 0.652. The average Bonchev–Trinajstić information content (AvgIpc) is 2.68. The van der Waals surface area contributed by atoms with Crippen LogP contribution in [0.3, 0.4) is 0 Å². The van der Waals surface area contributed by atoms with Crippen LogP contribution in [0.4, 0.5) is 0 Å². The molecule has 1 aromatic rings. The molecule has 1 aromatic carbocycles. The maximum Gasteiger partial charge on any atom is 0.211 e. The first kappa shape index (κ1) is 22.0. The van der Waals surface area contributed by atoms with Gasteiger partial charge in [0.2, 0.25) is 10.0 Å². The van der Waals surface area contributed by atoms with Gasteiger partial charge in [-0.2, -0.15) is 0 Å². The summed E-state index contributed by atoms with van der Waals surface area (Å²) in [5.41, 5.74) is 1.39. The van der Waals surface area contributed by atoms with Crippen molar-refractivity contribution in [2.45, 2.75) is 62.4 Å². The molecule has 164 valence electrons. The summed E-state index contributed by atoms with van der Waals surface area (Å²) in [4.78, 5) is 0. The first-order valence-electron chi connectivity index (χ1n) is 10.8. The van der Waals surface area contributed by atoms with E-state index in [-0.39, 0.29) is 5.41 Å². The summed E-state index contributed by atoms with van der Waals surface area (Å²) in [6, 6.07) is 5.73. The molecule has 30 heavy (non-hydrogen) atoms. The van der Waals surface area contributed by atoms with E-state index in [1.165, 1.54) is 17.4 Å². The van der Waals surface area contributed by atoms with Crippen molar-refractivity contribution < 1.29 is 18.6 Å². The Labute approximate surface area is 184 Å². The first-order valence-corrected chi connectivity index (χ1v) is 13.0. The summed E-state index contributed by atoms with van der Waals surface area (Å²) < 4.78 is 25.4. The van der Waals surface area contributed by atoms with Crippen LogP contribution in [0.2, 0.25) is 0 Å². The van der Waals surface area contributed by atoms with E-state index in [1.807, 2.05) is 6.07 Å². The van der Waals surface area contributed by atoms with Crippen LogP contribution in [0, 0.1) is 23.1 Å². The third kappa shape index (κ3) is 4.10. The molecule has 0 bridgehead atoms. The Morgan fingerprint density at radius 1 is 1.23 bits per heavy atom. The van der Waals surface area contributed by atoms with Crippen LogP contribution in [-0.2, 0) is 21.9 Å². The van der Waals surface area contributed by atoms with Crippen molar-refractivity contribution in [2.75, 3.05) is 19.3 Å². The summed E-state index contributed by atoms with van der Waals surface area (Å²) in [6.07, 6.45) is 7.83. The Morgan fingerprint density at radius 3 is 2.63 bits per heavy atom. The number of benzene rings is 1. The predicted molar refractivity (Wildman–Crippen MR) is 118 cm³/mol. The van der Waals surface area contributed by atoms with Gasteiger partial charge in [-0.1, -0.05) is 12.0 Å². The molecule has 5 nitrogen and oxygen atoms in total. The van der Waals surface area contributed by atoms with Crippen LogP contribution < -0.4 is 0 Å². The van der Waals surface area contributed by atoms with Crippen LogP contribution in [0.1, 0.15) is 56.1 Å². The summed E-state index contributed by atoms with van der Waals surface area (Å²) in [6.45, 7) is 1.16. The van der Waals surface area contributed by atoms with Gasteiger partial charge in [-0.3, -0.25) is 0 Å². The maximum atomic E-state index is 11.9. The number of hydrogen-bond acceptors (Lipinski definition) is 4. The van der Waals surface area contributed by atoms with Crippen LogP contribution in [-0.4, -0.2) is 47.9 Å². The minimum absolute atomic E-state index is 0.0700. The van der Waals surface area contributed by atoms with Crippen LogP contribution in [0.25, 0.3) is 0 Å². The Bertz CT molecular complexity index is 977. The maximum absolute atomic E-state index is 11.9. The zero-order valence-corrected chi connectivity index (χ0v) is 19.0. The fourth-order valence-corrected chi connectivity index (χ4v) is 7.26. The molecule has 1 saturated heterocycles. The second-order valence-corrected chi connectivity index (χ2v) is 11.7. The molecule has 4 rings (SSSR count). The number of hydrogen-bond donors (Lipinski definition) is 2. The standard InChI is InChI=1S/C23H30ClNO4S/c1-30(28,29)25-12-6-17(7-13-25)15-23-9-8-22(27,10-11-24)16-19(23)3-2-18-14-20(26)4-5-21(18)23/h4-5,14,17,19,26-27H,2-3,6-9,12-13,15-16H2,1H3/t19-,22+,23+/m0/s1. The molecular formula is C23H30ClNO4S. The third-order valence-corrected chi connectivity index (χ3v) is 9.11. The molecular weight excluding hydrogens is 422 g/mol. The van der Waals surface area contributed by atoms with Crippen LogP contribution in [0.5, 0.6) is 5.75 Å². The van der Waals surface area contributed by atoms with E-state index < -0.39 is 15.6 Å². The van der Waals surface area contributed by atoms with Crippen molar-refractivity contribution in [3.63, 3.8) is 0 Å². The smallest absolute Gasteiger partial charge is 0.211 e. The molecule has 7 heteroatoms. The number of aryl methyl sites for hydroxylation is 1. The molecule has 0 spiro atoms. The summed E-state index contributed by atoms with van der Waals surface area (Å²) in [5, 5.41) is 23.4. The molecule has 3 atom stereocenters. The van der Waals surface area contributed by atoms with E-state index in [2.05, 4.69) is 17.4 Å². The van der Waals surface area contributed by atoms with Gasteiger partial charge in [-0.15, -0.1) is 0 Å². The molecule has 0 amide bonds. The minimum Gasteiger partial charge on any atom is -0.508 e. The highest BCUT2D eigenvalue weighted by Crippen LogP contribution is 2.56. The first-order chi connectivity index (χ1) is 14.2. The van der Waals surface area contributed by atoms with Crippen molar-refractivity contribution in [3.05, 3.63) is 29.3 Å². The van der Waals surface area contributed by atoms with Crippen LogP contribution in [0.15, 0.2) is 18.2 Å². The Hall–Kier alpha value is -1.26. The SMILES string of the molecule is CS(=O)(=O)N1CCC(C[C@]23CC[C@@](O)(C#CCl)C[C@@H]2CCc2cc(O)ccc23)CC1. The lowest BCUT2D eigenvalue weighted by Crippen LogP contribution is -2.51. The molecule has 2 fully saturated rings. The van der Waals surface area contributed by atoms with Crippen LogP contribution >= 0.6 is 11.6 Å². The number of nitrogens with zero attached hydrogens (tertiary/aromatic N) is 1. The number of sulfonamides is 1. The van der Waals surface area contributed by atoms with E-state index in [9.17, 15) is 18.6 Å². The monoisotopic (exact) mass is 451 g/mol. The largest absolute Gasteiger partial charge is 0.508 e. The quantitative estimate of drug-likeness (QED) is 0.690. The lowest BCUT2D eigenvalue weighted by atomic mass is 9.52. The highest BCUT2D eigenvalue weighted by molar-refractivity contribution is 7.88. The van der Waals surface area contributed by atoms with Gasteiger partial charge < -0.3 is 10.2 Å². The van der Waals surface area contributed by atoms with Gasteiger partial charge >= 0.3 is 0 Å². The van der Waals surface area contributed by atoms with Crippen molar-refractivity contribution in [2.24, 2.45) is 11.8 Å². The number of halogens is 1. The van der Waals surface area contributed by atoms with Gasteiger partial charge in [0, 0.05) is 18.5 Å². The van der Waals surface area contributed by atoms with Crippen molar-refractivity contribution in [1.29, 1.82) is 0 Å². The number of rotatable bonds is 3. The molecule has 3 aliphatic rings. The third-order valence-electron chi connectivity index (χ3n) is 7.71. The van der Waals surface area contributed by atoms with Gasteiger partial charge in [-0.05, 0) is 103 Å². The van der Waals surface area contributed by atoms with E-state index in [0.717, 1.165) is 38.5 Å². The Kier molecular flexibility index (Phi) is 5.87. The molecule has 2 aliphatic carbocycles. The highest BCUT2D eigenvalue weighted by atomic mass is 35.5. The normalized spacial score (nSPS) is 32.6. The summed E-state index contributed by atoms with van der Waals surface area (Å²) in [5.74, 6) is 3.85. The van der Waals surface area contributed by atoms with Gasteiger partial charge in [0.15, 0.2) is 0 Å². The molecule has 0 unspecified atom stereocenters. The summed E-state index contributed by atoms with van der Waals surface area (Å²) in [7, 11) is -3.14. The van der Waals surface area contributed by atoms with Gasteiger partial charge in [-0.25, -0.2) is 12.7 Å². The fourth-order valence-electron chi connectivity index (χ4n) is 6.21. The van der Waals surface area contributed by atoms with E-state index in [0.29, 0.717) is 43.5 Å². The number of fused-ring (bicyclic) bond motifs is 3. The Balaban J connectivity index is 1.64. The van der Waals surface area contributed by atoms with Crippen molar-refractivity contribution in [1.82, 2.24) is 4.31 Å². The number of piperidine rings is 1. The number of aromatic hydroxyl groups is 1. The van der Waals surface area contributed by atoms with E-state index in [1.54, 1.807) is 10.4 Å². The number of phenols is 1. The van der Waals surface area contributed by atoms with E-state index in [4.69, 9.17) is 11.6 Å². The Morgan fingerprint density at radius 2 is 1.97 bits per heavy atom. The zero-order valence-electron chi connectivity index (χ0n) is 17.4. The predicted octanol–water partition coefficient (Wildman–Crippen LogP) is 3.37. The molecule has 2 N–H and O–H groups in total.